The number of hydrogen-bond acceptors (Lipinski definition) is 4. The summed E-state index contributed by atoms with van der Waals surface area (Å²) in [6.07, 6.45) is 8.18. The van der Waals surface area contributed by atoms with E-state index < -0.39 is 0 Å². The Morgan fingerprint density at radius 2 is 1.78 bits per heavy atom. The molecule has 0 spiro atoms. The zero-order valence-corrected chi connectivity index (χ0v) is 13.8. The van der Waals surface area contributed by atoms with Gasteiger partial charge in [0.15, 0.2) is 0 Å². The van der Waals surface area contributed by atoms with Crippen LogP contribution in [0.25, 0.3) is 0 Å². The minimum absolute atomic E-state index is 0.409. The maximum absolute atomic E-state index is 4.91. The van der Waals surface area contributed by atoms with E-state index in [1.54, 1.807) is 0 Å². The van der Waals surface area contributed by atoms with Gasteiger partial charge in [-0.3, -0.25) is 0 Å². The summed E-state index contributed by atoms with van der Waals surface area (Å²) in [5, 5.41) is 0. The Morgan fingerprint density at radius 3 is 2.61 bits per heavy atom. The predicted molar refractivity (Wildman–Crippen MR) is 94.5 cm³/mol. The highest BCUT2D eigenvalue weighted by molar-refractivity contribution is 5.67. The third-order valence-electron chi connectivity index (χ3n) is 4.98. The van der Waals surface area contributed by atoms with Crippen LogP contribution in [-0.4, -0.2) is 29.1 Å². The quantitative estimate of drug-likeness (QED) is 0.841. The molecule has 120 valence electrons. The molecule has 0 aliphatic carbocycles. The number of para-hydroxylation sites is 1. The highest BCUT2D eigenvalue weighted by Crippen LogP contribution is 2.36. The lowest BCUT2D eigenvalue weighted by Gasteiger charge is -2.26. The molecule has 0 bridgehead atoms. The van der Waals surface area contributed by atoms with Crippen LogP contribution in [0.4, 0.5) is 17.5 Å². The number of benzene rings is 1. The van der Waals surface area contributed by atoms with Gasteiger partial charge in [0.2, 0.25) is 5.95 Å². The number of hydrogen-bond donors (Lipinski definition) is 0. The summed E-state index contributed by atoms with van der Waals surface area (Å²) < 4.78 is 0. The standard InChI is InChI=1S/C19H24N4/c1-15-14-16-8-4-5-9-17(16)23(15)19-20-11-10-18(21-19)22-12-6-2-3-7-13-22/h4-5,8-11,15H,2-3,6-7,12-14H2,1H3. The van der Waals surface area contributed by atoms with Gasteiger partial charge in [0.05, 0.1) is 0 Å². The molecule has 4 rings (SSSR count). The molecule has 0 radical (unpaired) electrons. The van der Waals surface area contributed by atoms with Crippen molar-refractivity contribution in [1.82, 2.24) is 9.97 Å². The molecule has 2 aliphatic heterocycles. The fraction of sp³-hybridized carbons (Fsp3) is 0.474. The van der Waals surface area contributed by atoms with Crippen molar-refractivity contribution < 1.29 is 0 Å². The van der Waals surface area contributed by atoms with Crippen molar-refractivity contribution in [1.29, 1.82) is 0 Å². The Morgan fingerprint density at radius 1 is 1.00 bits per heavy atom. The number of rotatable bonds is 2. The molecule has 1 aromatic heterocycles. The minimum Gasteiger partial charge on any atom is -0.356 e. The van der Waals surface area contributed by atoms with Crippen molar-refractivity contribution in [3.63, 3.8) is 0 Å². The summed E-state index contributed by atoms with van der Waals surface area (Å²) in [6, 6.07) is 11.1. The predicted octanol–water partition coefficient (Wildman–Crippen LogP) is 3.94. The zero-order chi connectivity index (χ0) is 15.6. The fourth-order valence-electron chi connectivity index (χ4n) is 3.80. The van der Waals surface area contributed by atoms with Crippen LogP contribution in [0.3, 0.4) is 0 Å². The Balaban J connectivity index is 1.66. The summed E-state index contributed by atoms with van der Waals surface area (Å²) in [5.74, 6) is 1.91. The van der Waals surface area contributed by atoms with Crippen LogP contribution < -0.4 is 9.80 Å². The van der Waals surface area contributed by atoms with Gasteiger partial charge in [-0.05, 0) is 43.9 Å². The molecule has 1 fully saturated rings. The monoisotopic (exact) mass is 308 g/mol. The van der Waals surface area contributed by atoms with Gasteiger partial charge in [0, 0.05) is 31.0 Å². The molecule has 23 heavy (non-hydrogen) atoms. The van der Waals surface area contributed by atoms with Crippen LogP contribution in [0.2, 0.25) is 0 Å². The van der Waals surface area contributed by atoms with Crippen molar-refractivity contribution in [2.24, 2.45) is 0 Å². The summed E-state index contributed by atoms with van der Waals surface area (Å²) in [6.45, 7) is 4.48. The zero-order valence-electron chi connectivity index (χ0n) is 13.8. The van der Waals surface area contributed by atoms with E-state index in [2.05, 4.69) is 52.0 Å². The van der Waals surface area contributed by atoms with Gasteiger partial charge in [0.25, 0.3) is 0 Å². The number of anilines is 3. The molecule has 0 N–H and O–H groups in total. The van der Waals surface area contributed by atoms with E-state index in [0.29, 0.717) is 6.04 Å². The molecule has 3 heterocycles. The molecule has 2 aromatic rings. The van der Waals surface area contributed by atoms with E-state index in [4.69, 9.17) is 4.98 Å². The van der Waals surface area contributed by atoms with E-state index in [1.165, 1.54) is 36.9 Å². The second kappa shape index (κ2) is 6.19. The highest BCUT2D eigenvalue weighted by Gasteiger charge is 2.29. The smallest absolute Gasteiger partial charge is 0.232 e. The Kier molecular flexibility index (Phi) is 3.90. The molecule has 2 aliphatic rings. The van der Waals surface area contributed by atoms with Crippen molar-refractivity contribution in [2.45, 2.75) is 45.1 Å². The van der Waals surface area contributed by atoms with Crippen molar-refractivity contribution in [3.05, 3.63) is 42.1 Å². The molecule has 1 unspecified atom stereocenters. The van der Waals surface area contributed by atoms with Crippen molar-refractivity contribution in [2.75, 3.05) is 22.9 Å². The van der Waals surface area contributed by atoms with Gasteiger partial charge in [-0.2, -0.15) is 4.98 Å². The fourth-order valence-corrected chi connectivity index (χ4v) is 3.80. The summed E-state index contributed by atoms with van der Waals surface area (Å²) >= 11 is 0. The van der Waals surface area contributed by atoms with E-state index >= 15 is 0 Å². The highest BCUT2D eigenvalue weighted by atomic mass is 15.3. The summed E-state index contributed by atoms with van der Waals surface area (Å²) in [7, 11) is 0. The van der Waals surface area contributed by atoms with Crippen LogP contribution >= 0.6 is 0 Å². The summed E-state index contributed by atoms with van der Waals surface area (Å²) in [4.78, 5) is 14.2. The van der Waals surface area contributed by atoms with E-state index in [0.717, 1.165) is 31.3 Å². The largest absolute Gasteiger partial charge is 0.356 e. The molecule has 1 atom stereocenters. The molecular formula is C19H24N4. The van der Waals surface area contributed by atoms with E-state index in [1.807, 2.05) is 6.20 Å². The normalized spacial score (nSPS) is 21.2. The lowest BCUT2D eigenvalue weighted by molar-refractivity contribution is 0.726. The molecule has 1 saturated heterocycles. The Hall–Kier alpha value is -2.10. The first-order valence-electron chi connectivity index (χ1n) is 8.78. The molecule has 4 heteroatoms. The lowest BCUT2D eigenvalue weighted by Crippen LogP contribution is -2.28. The SMILES string of the molecule is CC1Cc2ccccc2N1c1nccc(N2CCCCCC2)n1. The van der Waals surface area contributed by atoms with Gasteiger partial charge in [-0.25, -0.2) is 4.98 Å². The van der Waals surface area contributed by atoms with Gasteiger partial charge in [-0.1, -0.05) is 31.0 Å². The van der Waals surface area contributed by atoms with Crippen LogP contribution in [0, 0.1) is 0 Å². The van der Waals surface area contributed by atoms with Gasteiger partial charge < -0.3 is 9.80 Å². The Bertz CT molecular complexity index is 677. The van der Waals surface area contributed by atoms with Crippen LogP contribution in [0.15, 0.2) is 36.5 Å². The first kappa shape index (κ1) is 14.5. The van der Waals surface area contributed by atoms with Gasteiger partial charge >= 0.3 is 0 Å². The molecular weight excluding hydrogens is 284 g/mol. The second-order valence-electron chi connectivity index (χ2n) is 6.67. The third-order valence-corrected chi connectivity index (χ3v) is 4.98. The third kappa shape index (κ3) is 2.78. The average Bonchev–Trinajstić information content (AvgIpc) is 2.75. The van der Waals surface area contributed by atoms with Crippen LogP contribution in [0.5, 0.6) is 0 Å². The van der Waals surface area contributed by atoms with E-state index in [9.17, 15) is 0 Å². The van der Waals surface area contributed by atoms with E-state index in [-0.39, 0.29) is 0 Å². The maximum Gasteiger partial charge on any atom is 0.232 e. The maximum atomic E-state index is 4.91. The van der Waals surface area contributed by atoms with Crippen molar-refractivity contribution >= 4 is 17.5 Å². The van der Waals surface area contributed by atoms with Crippen molar-refractivity contribution in [3.8, 4) is 0 Å². The lowest BCUT2D eigenvalue weighted by atomic mass is 10.1. The number of aromatic nitrogens is 2. The first-order valence-corrected chi connectivity index (χ1v) is 8.78. The average molecular weight is 308 g/mol. The van der Waals surface area contributed by atoms with Gasteiger partial charge in [-0.15, -0.1) is 0 Å². The number of nitrogens with zero attached hydrogens (tertiary/aromatic N) is 4. The molecule has 0 amide bonds. The topological polar surface area (TPSA) is 32.3 Å². The first-order chi connectivity index (χ1) is 11.3. The molecule has 1 aromatic carbocycles. The second-order valence-corrected chi connectivity index (χ2v) is 6.67. The molecule has 0 saturated carbocycles. The summed E-state index contributed by atoms with van der Waals surface area (Å²) in [5.41, 5.74) is 2.65. The number of fused-ring (bicyclic) bond motifs is 1. The minimum atomic E-state index is 0.409. The Labute approximate surface area is 138 Å². The molecule has 4 nitrogen and oxygen atoms in total. The van der Waals surface area contributed by atoms with Gasteiger partial charge in [0.1, 0.15) is 5.82 Å². The van der Waals surface area contributed by atoms with Crippen LogP contribution in [0.1, 0.15) is 38.2 Å². The van der Waals surface area contributed by atoms with Crippen LogP contribution in [-0.2, 0) is 6.42 Å².